The Morgan fingerprint density at radius 3 is 1.84 bits per heavy atom. The van der Waals surface area contributed by atoms with Gasteiger partial charge in [-0.1, -0.05) is 103 Å². The van der Waals surface area contributed by atoms with Gasteiger partial charge in [0.25, 0.3) is 5.56 Å². The molecule has 0 saturated carbocycles. The van der Waals surface area contributed by atoms with Crippen LogP contribution in [0.25, 0.3) is 11.3 Å². The third kappa shape index (κ3) is 5.70. The summed E-state index contributed by atoms with van der Waals surface area (Å²) in [5, 5.41) is 8.49. The monoisotopic (exact) mass is 442 g/mol. The van der Waals surface area contributed by atoms with Crippen molar-refractivity contribution in [1.82, 2.24) is 20.1 Å². The Morgan fingerprint density at radius 1 is 0.781 bits per heavy atom. The fraction of sp³-hybridized carbons (Fsp3) is 0.120. The number of carbonyl (C=O) groups is 1. The molecule has 1 amide bonds. The molecule has 1 N–H and O–H groups in total. The normalized spacial score (nSPS) is 10.6. The molecule has 160 valence electrons. The van der Waals surface area contributed by atoms with Gasteiger partial charge >= 0.3 is 0 Å². The van der Waals surface area contributed by atoms with Crippen LogP contribution < -0.4 is 5.56 Å². The van der Waals surface area contributed by atoms with Gasteiger partial charge in [-0.15, -0.1) is 10.2 Å². The Bertz CT molecular complexity index is 1170. The molecule has 0 radical (unpaired) electrons. The Hall–Kier alpha value is -3.71. The number of rotatable bonds is 8. The van der Waals surface area contributed by atoms with Crippen molar-refractivity contribution in [3.63, 3.8) is 0 Å². The van der Waals surface area contributed by atoms with Gasteiger partial charge in [-0.05, 0) is 11.1 Å². The van der Waals surface area contributed by atoms with Crippen LogP contribution in [0.3, 0.4) is 0 Å². The van der Waals surface area contributed by atoms with Gasteiger partial charge in [-0.3, -0.25) is 14.6 Å². The van der Waals surface area contributed by atoms with Crippen molar-refractivity contribution in [2.45, 2.75) is 18.2 Å². The standard InChI is InChI=1S/C25H22N4O2S/c30-22(18-32-25-26-24(31)23(27-28-25)21-14-8-3-9-15-21)29(16-19-10-4-1-5-11-19)17-20-12-6-2-7-13-20/h1-15H,16-18H2,(H,26,28,31). The predicted molar refractivity (Wildman–Crippen MR) is 126 cm³/mol. The minimum atomic E-state index is -0.327. The number of nitrogens with zero attached hydrogens (tertiary/aromatic N) is 3. The summed E-state index contributed by atoms with van der Waals surface area (Å²) in [6, 6.07) is 28.9. The van der Waals surface area contributed by atoms with Gasteiger partial charge in [0.1, 0.15) is 0 Å². The second kappa shape index (κ2) is 10.5. The molecular weight excluding hydrogens is 420 g/mol. The van der Waals surface area contributed by atoms with Crippen molar-refractivity contribution in [2.24, 2.45) is 0 Å². The molecule has 3 aromatic carbocycles. The molecule has 0 unspecified atom stereocenters. The smallest absolute Gasteiger partial charge is 0.278 e. The van der Waals surface area contributed by atoms with E-state index in [4.69, 9.17) is 0 Å². The van der Waals surface area contributed by atoms with Gasteiger partial charge in [0.2, 0.25) is 5.91 Å². The number of thioether (sulfide) groups is 1. The van der Waals surface area contributed by atoms with E-state index in [2.05, 4.69) is 15.2 Å². The maximum absolute atomic E-state index is 13.1. The van der Waals surface area contributed by atoms with E-state index < -0.39 is 0 Å². The second-order valence-electron chi connectivity index (χ2n) is 7.18. The summed E-state index contributed by atoms with van der Waals surface area (Å²) < 4.78 is 0. The zero-order valence-electron chi connectivity index (χ0n) is 17.3. The van der Waals surface area contributed by atoms with Crippen LogP contribution in [-0.2, 0) is 17.9 Å². The summed E-state index contributed by atoms with van der Waals surface area (Å²) in [4.78, 5) is 30.0. The van der Waals surface area contributed by atoms with Crippen LogP contribution in [0.2, 0.25) is 0 Å². The average molecular weight is 443 g/mol. The minimum absolute atomic E-state index is 0.0440. The number of amides is 1. The summed E-state index contributed by atoms with van der Waals surface area (Å²) in [6.45, 7) is 1.01. The van der Waals surface area contributed by atoms with E-state index in [1.54, 1.807) is 12.1 Å². The topological polar surface area (TPSA) is 79.0 Å². The van der Waals surface area contributed by atoms with E-state index in [1.807, 2.05) is 83.8 Å². The summed E-state index contributed by atoms with van der Waals surface area (Å²) in [5.74, 6) is 0.104. The zero-order chi connectivity index (χ0) is 22.2. The van der Waals surface area contributed by atoms with Gasteiger partial charge in [0.05, 0.1) is 5.75 Å². The molecule has 6 nitrogen and oxygen atoms in total. The summed E-state index contributed by atoms with van der Waals surface area (Å²) >= 11 is 1.18. The van der Waals surface area contributed by atoms with Crippen molar-refractivity contribution >= 4 is 17.7 Å². The summed E-state index contributed by atoms with van der Waals surface area (Å²) in [5.41, 5.74) is 2.75. The van der Waals surface area contributed by atoms with E-state index >= 15 is 0 Å². The van der Waals surface area contributed by atoms with Gasteiger partial charge in [-0.25, -0.2) is 0 Å². The van der Waals surface area contributed by atoms with Gasteiger partial charge in [0, 0.05) is 18.7 Å². The fourth-order valence-corrected chi connectivity index (χ4v) is 3.94. The molecular formula is C25H22N4O2S. The van der Waals surface area contributed by atoms with Gasteiger partial charge < -0.3 is 4.90 Å². The first kappa shape index (κ1) is 21.5. The first-order valence-corrected chi connectivity index (χ1v) is 11.2. The van der Waals surface area contributed by atoms with Crippen LogP contribution >= 0.6 is 11.8 Å². The fourth-order valence-electron chi connectivity index (χ4n) is 3.23. The highest BCUT2D eigenvalue weighted by Crippen LogP contribution is 2.17. The van der Waals surface area contributed by atoms with E-state index in [-0.39, 0.29) is 22.9 Å². The van der Waals surface area contributed by atoms with Crippen LogP contribution in [0.4, 0.5) is 0 Å². The van der Waals surface area contributed by atoms with E-state index in [0.29, 0.717) is 23.8 Å². The summed E-state index contributed by atoms with van der Waals surface area (Å²) in [6.07, 6.45) is 0. The first-order chi connectivity index (χ1) is 15.7. The molecule has 1 aromatic heterocycles. The number of benzene rings is 3. The molecule has 0 spiro atoms. The number of carbonyl (C=O) groups excluding carboxylic acids is 1. The molecule has 7 heteroatoms. The number of aromatic amines is 1. The van der Waals surface area contributed by atoms with Crippen molar-refractivity contribution in [2.75, 3.05) is 5.75 Å². The van der Waals surface area contributed by atoms with Crippen molar-refractivity contribution in [1.29, 1.82) is 0 Å². The zero-order valence-corrected chi connectivity index (χ0v) is 18.2. The van der Waals surface area contributed by atoms with Crippen molar-refractivity contribution < 1.29 is 4.79 Å². The van der Waals surface area contributed by atoms with Gasteiger partial charge in [0.15, 0.2) is 10.9 Å². The maximum Gasteiger partial charge on any atom is 0.278 e. The molecule has 4 aromatic rings. The largest absolute Gasteiger partial charge is 0.333 e. The molecule has 32 heavy (non-hydrogen) atoms. The highest BCUT2D eigenvalue weighted by molar-refractivity contribution is 7.99. The molecule has 0 aliphatic rings. The molecule has 0 aliphatic carbocycles. The number of H-pyrrole nitrogens is 1. The van der Waals surface area contributed by atoms with E-state index in [0.717, 1.165) is 11.1 Å². The van der Waals surface area contributed by atoms with Crippen molar-refractivity contribution in [3.8, 4) is 11.3 Å². The first-order valence-electron chi connectivity index (χ1n) is 10.2. The lowest BCUT2D eigenvalue weighted by Crippen LogP contribution is -2.31. The quantitative estimate of drug-likeness (QED) is 0.415. The maximum atomic E-state index is 13.1. The Kier molecular flexibility index (Phi) is 7.09. The van der Waals surface area contributed by atoms with Crippen LogP contribution in [0, 0.1) is 0 Å². The third-order valence-corrected chi connectivity index (χ3v) is 5.69. The highest BCUT2D eigenvalue weighted by Gasteiger charge is 2.16. The SMILES string of the molecule is O=C(CSc1nnc(-c2ccccc2)c(=O)[nH]1)N(Cc1ccccc1)Cc1ccccc1. The Balaban J connectivity index is 1.45. The van der Waals surface area contributed by atoms with E-state index in [1.165, 1.54) is 11.8 Å². The Labute approximate surface area is 190 Å². The lowest BCUT2D eigenvalue weighted by Gasteiger charge is -2.23. The summed E-state index contributed by atoms with van der Waals surface area (Å²) in [7, 11) is 0. The van der Waals surface area contributed by atoms with Gasteiger partial charge in [-0.2, -0.15) is 0 Å². The third-order valence-electron chi connectivity index (χ3n) is 4.84. The molecule has 4 rings (SSSR count). The second-order valence-corrected chi connectivity index (χ2v) is 8.15. The number of hydrogen-bond acceptors (Lipinski definition) is 5. The Morgan fingerprint density at radius 2 is 1.31 bits per heavy atom. The van der Waals surface area contributed by atoms with Crippen LogP contribution in [-0.4, -0.2) is 31.7 Å². The predicted octanol–water partition coefficient (Wildman–Crippen LogP) is 4.15. The number of nitrogens with one attached hydrogen (secondary N) is 1. The molecule has 1 heterocycles. The lowest BCUT2D eigenvalue weighted by atomic mass is 10.1. The van der Waals surface area contributed by atoms with Crippen LogP contribution in [0.15, 0.2) is 101 Å². The van der Waals surface area contributed by atoms with E-state index in [9.17, 15) is 9.59 Å². The minimum Gasteiger partial charge on any atom is -0.333 e. The van der Waals surface area contributed by atoms with Crippen LogP contribution in [0.1, 0.15) is 11.1 Å². The highest BCUT2D eigenvalue weighted by atomic mass is 32.2. The molecule has 0 fully saturated rings. The molecule has 0 bridgehead atoms. The average Bonchev–Trinajstić information content (AvgIpc) is 2.84. The molecule has 0 atom stereocenters. The lowest BCUT2D eigenvalue weighted by molar-refractivity contribution is -0.129. The van der Waals surface area contributed by atoms with Crippen LogP contribution in [0.5, 0.6) is 0 Å². The van der Waals surface area contributed by atoms with Crippen molar-refractivity contribution in [3.05, 3.63) is 112 Å². The number of hydrogen-bond donors (Lipinski definition) is 1. The number of aromatic nitrogens is 3. The molecule has 0 saturated heterocycles. The molecule has 0 aliphatic heterocycles.